The van der Waals surface area contributed by atoms with Crippen molar-refractivity contribution in [2.24, 2.45) is 4.99 Å². The van der Waals surface area contributed by atoms with Crippen LogP contribution in [0.15, 0.2) is 114 Å². The van der Waals surface area contributed by atoms with E-state index < -0.39 is 0 Å². The van der Waals surface area contributed by atoms with E-state index in [2.05, 4.69) is 141 Å². The van der Waals surface area contributed by atoms with Crippen molar-refractivity contribution in [3.63, 3.8) is 0 Å². The first kappa shape index (κ1) is 36.3. The molecule has 0 aliphatic heterocycles. The van der Waals surface area contributed by atoms with E-state index in [9.17, 15) is 5.11 Å². The SMILES string of the molecule is CC(C)c1cc(C(C)C)c(-c2cc(-c3cccc4ccccc34)c3nc(-c4ccccc4N=Cc4cc(C(C)(C)C)ccc4O)sc3c2)c(C(C)C)c1. The summed E-state index contributed by atoms with van der Waals surface area (Å²) >= 11 is 1.72. The van der Waals surface area contributed by atoms with Crippen LogP contribution in [0.2, 0.25) is 0 Å². The van der Waals surface area contributed by atoms with Crippen LogP contribution in [-0.2, 0) is 5.41 Å². The van der Waals surface area contributed by atoms with Crippen molar-refractivity contribution in [1.82, 2.24) is 4.98 Å². The first-order chi connectivity index (χ1) is 25.3. The molecule has 0 amide bonds. The minimum Gasteiger partial charge on any atom is -0.507 e. The summed E-state index contributed by atoms with van der Waals surface area (Å²) in [6.45, 7) is 20.4. The number of rotatable bonds is 8. The Hall–Kier alpha value is -5.06. The molecule has 0 saturated carbocycles. The second-order valence-corrected chi connectivity index (χ2v) is 17.3. The van der Waals surface area contributed by atoms with E-state index in [1.165, 1.54) is 44.2 Å². The fraction of sp³-hybridized carbons (Fsp3) is 0.265. The summed E-state index contributed by atoms with van der Waals surface area (Å²) in [6, 6.07) is 38.9. The van der Waals surface area contributed by atoms with Gasteiger partial charge in [0.25, 0.3) is 0 Å². The third-order valence-corrected chi connectivity index (χ3v) is 11.4. The summed E-state index contributed by atoms with van der Waals surface area (Å²) in [6.07, 6.45) is 1.78. The summed E-state index contributed by atoms with van der Waals surface area (Å²) in [7, 11) is 0. The number of nitrogens with zero attached hydrogens (tertiary/aromatic N) is 2. The van der Waals surface area contributed by atoms with Crippen molar-refractivity contribution < 1.29 is 5.11 Å². The van der Waals surface area contributed by atoms with E-state index in [1.807, 2.05) is 24.3 Å². The first-order valence-electron chi connectivity index (χ1n) is 18.9. The highest BCUT2D eigenvalue weighted by molar-refractivity contribution is 7.21. The topological polar surface area (TPSA) is 45.5 Å². The van der Waals surface area contributed by atoms with E-state index in [0.29, 0.717) is 23.3 Å². The third-order valence-electron chi connectivity index (χ3n) is 10.4. The Morgan fingerprint density at radius 2 is 1.34 bits per heavy atom. The molecule has 1 heterocycles. The Morgan fingerprint density at radius 1 is 0.679 bits per heavy atom. The molecule has 0 bridgehead atoms. The summed E-state index contributed by atoms with van der Waals surface area (Å²) in [5.41, 5.74) is 13.7. The number of aromatic nitrogens is 1. The molecule has 0 fully saturated rings. The van der Waals surface area contributed by atoms with Crippen LogP contribution >= 0.6 is 11.3 Å². The van der Waals surface area contributed by atoms with Gasteiger partial charge in [0.1, 0.15) is 10.8 Å². The molecule has 0 radical (unpaired) electrons. The van der Waals surface area contributed by atoms with Gasteiger partial charge >= 0.3 is 0 Å². The predicted molar refractivity (Wildman–Crippen MR) is 230 cm³/mol. The quantitative estimate of drug-likeness (QED) is 0.159. The number of aromatic hydroxyl groups is 1. The number of hydrogen-bond acceptors (Lipinski definition) is 4. The molecule has 4 heteroatoms. The van der Waals surface area contributed by atoms with Crippen molar-refractivity contribution >= 4 is 44.2 Å². The van der Waals surface area contributed by atoms with Crippen LogP contribution in [0.3, 0.4) is 0 Å². The zero-order chi connectivity index (χ0) is 37.6. The van der Waals surface area contributed by atoms with Crippen LogP contribution in [0.1, 0.15) is 108 Å². The Balaban J connectivity index is 1.46. The summed E-state index contributed by atoms with van der Waals surface area (Å²) < 4.78 is 1.15. The predicted octanol–water partition coefficient (Wildman–Crippen LogP) is 14.6. The largest absolute Gasteiger partial charge is 0.507 e. The number of aliphatic imine (C=N–C) groups is 1. The zero-order valence-corrected chi connectivity index (χ0v) is 33.3. The smallest absolute Gasteiger partial charge is 0.126 e. The van der Waals surface area contributed by atoms with Crippen LogP contribution in [0.25, 0.3) is 53.8 Å². The average molecular weight is 715 g/mol. The monoisotopic (exact) mass is 714 g/mol. The van der Waals surface area contributed by atoms with Gasteiger partial charge in [-0.25, -0.2) is 4.98 Å². The van der Waals surface area contributed by atoms with Crippen molar-refractivity contribution in [2.75, 3.05) is 0 Å². The Morgan fingerprint density at radius 3 is 2.04 bits per heavy atom. The molecule has 1 N–H and O–H groups in total. The van der Waals surface area contributed by atoms with Gasteiger partial charge in [-0.1, -0.05) is 135 Å². The molecular formula is C49H50N2OS. The number of phenols is 1. The molecular weight excluding hydrogens is 665 g/mol. The van der Waals surface area contributed by atoms with Crippen molar-refractivity contribution in [1.29, 1.82) is 0 Å². The molecule has 1 aromatic heterocycles. The molecule has 0 unspecified atom stereocenters. The number of benzene rings is 6. The summed E-state index contributed by atoms with van der Waals surface area (Å²) in [5.74, 6) is 1.40. The zero-order valence-electron chi connectivity index (χ0n) is 32.5. The first-order valence-corrected chi connectivity index (χ1v) is 19.7. The lowest BCUT2D eigenvalue weighted by molar-refractivity contribution is 0.473. The molecule has 7 aromatic rings. The lowest BCUT2D eigenvalue weighted by Gasteiger charge is -2.24. The van der Waals surface area contributed by atoms with E-state index in [4.69, 9.17) is 9.98 Å². The molecule has 268 valence electrons. The van der Waals surface area contributed by atoms with Gasteiger partial charge in [-0.2, -0.15) is 0 Å². The Labute approximate surface area is 319 Å². The van der Waals surface area contributed by atoms with Crippen molar-refractivity contribution in [3.05, 3.63) is 137 Å². The fourth-order valence-electron chi connectivity index (χ4n) is 7.27. The van der Waals surface area contributed by atoms with Crippen LogP contribution in [-0.4, -0.2) is 16.3 Å². The van der Waals surface area contributed by atoms with Crippen LogP contribution < -0.4 is 0 Å². The maximum absolute atomic E-state index is 10.7. The summed E-state index contributed by atoms with van der Waals surface area (Å²) in [5, 5.41) is 14.1. The van der Waals surface area contributed by atoms with E-state index >= 15 is 0 Å². The van der Waals surface area contributed by atoms with Gasteiger partial charge in [-0.05, 0) is 109 Å². The van der Waals surface area contributed by atoms with Crippen LogP contribution in [0.5, 0.6) is 5.75 Å². The van der Waals surface area contributed by atoms with Gasteiger partial charge in [0.15, 0.2) is 0 Å². The normalized spacial score (nSPS) is 12.4. The molecule has 6 aromatic carbocycles. The van der Waals surface area contributed by atoms with Crippen LogP contribution in [0, 0.1) is 0 Å². The van der Waals surface area contributed by atoms with Gasteiger partial charge < -0.3 is 5.11 Å². The highest BCUT2D eigenvalue weighted by atomic mass is 32.1. The molecule has 0 saturated heterocycles. The molecule has 0 aliphatic rings. The standard InChI is InChI=1S/C49H50N2OS/c1-29(2)33-24-40(30(3)4)46(41(25-33)31(5)6)34-26-42(38-19-14-16-32-15-10-11-17-37(32)38)47-45(27-34)53-48(51-47)39-18-12-13-20-43(39)50-28-35-23-36(49(7,8)9)21-22-44(35)52/h10-31,52H,1-9H3. The Kier molecular flexibility index (Phi) is 9.86. The van der Waals surface area contributed by atoms with E-state index in [0.717, 1.165) is 37.6 Å². The van der Waals surface area contributed by atoms with Gasteiger partial charge in [0.2, 0.25) is 0 Å². The minimum absolute atomic E-state index is 0.0435. The third kappa shape index (κ3) is 7.18. The second-order valence-electron chi connectivity index (χ2n) is 16.3. The highest BCUT2D eigenvalue weighted by Crippen LogP contribution is 2.46. The molecule has 0 aliphatic carbocycles. The number of fused-ring (bicyclic) bond motifs is 2. The van der Waals surface area contributed by atoms with Gasteiger partial charge in [0, 0.05) is 22.9 Å². The lowest BCUT2D eigenvalue weighted by atomic mass is 9.81. The lowest BCUT2D eigenvalue weighted by Crippen LogP contribution is -2.11. The fourth-order valence-corrected chi connectivity index (χ4v) is 8.34. The number of para-hydroxylation sites is 1. The maximum atomic E-state index is 10.7. The summed E-state index contributed by atoms with van der Waals surface area (Å²) in [4.78, 5) is 10.4. The van der Waals surface area contributed by atoms with E-state index in [-0.39, 0.29) is 11.2 Å². The Bertz CT molecular complexity index is 2460. The average Bonchev–Trinajstić information content (AvgIpc) is 3.57. The van der Waals surface area contributed by atoms with Crippen molar-refractivity contribution in [2.45, 2.75) is 85.5 Å². The highest BCUT2D eigenvalue weighted by Gasteiger charge is 2.23. The number of hydrogen-bond donors (Lipinski definition) is 1. The van der Waals surface area contributed by atoms with E-state index in [1.54, 1.807) is 23.6 Å². The maximum Gasteiger partial charge on any atom is 0.126 e. The van der Waals surface area contributed by atoms with Gasteiger partial charge in [-0.3, -0.25) is 4.99 Å². The van der Waals surface area contributed by atoms with Crippen molar-refractivity contribution in [3.8, 4) is 38.6 Å². The molecule has 3 nitrogen and oxygen atoms in total. The molecule has 0 spiro atoms. The molecule has 0 atom stereocenters. The van der Waals surface area contributed by atoms with Gasteiger partial charge in [0.05, 0.1) is 15.9 Å². The van der Waals surface area contributed by atoms with Crippen LogP contribution in [0.4, 0.5) is 5.69 Å². The molecule has 7 rings (SSSR count). The molecule has 53 heavy (non-hydrogen) atoms. The second kappa shape index (κ2) is 14.4. The number of thiazole rings is 1. The minimum atomic E-state index is -0.0435. The number of phenolic OH excluding ortho intramolecular Hbond substituents is 1. The van der Waals surface area contributed by atoms with Gasteiger partial charge in [-0.15, -0.1) is 11.3 Å².